The minimum Gasteiger partial charge on any atom is -0.458 e. The van der Waals surface area contributed by atoms with Crippen LogP contribution < -0.4 is 30.8 Å². The van der Waals surface area contributed by atoms with Crippen molar-refractivity contribution in [2.75, 3.05) is 4.90 Å². The van der Waals surface area contributed by atoms with Gasteiger partial charge in [-0.25, -0.2) is 0 Å². The summed E-state index contributed by atoms with van der Waals surface area (Å²) in [5.41, 5.74) is 17.0. The Bertz CT molecular complexity index is 2530. The Kier molecular flexibility index (Phi) is 9.60. The largest absolute Gasteiger partial charge is 0.458 e. The Morgan fingerprint density at radius 3 is 1.33 bits per heavy atom. The van der Waals surface area contributed by atoms with E-state index in [4.69, 9.17) is 9.47 Å². The van der Waals surface area contributed by atoms with E-state index in [9.17, 15) is 0 Å². The van der Waals surface area contributed by atoms with Gasteiger partial charge in [0, 0.05) is 29.0 Å². The van der Waals surface area contributed by atoms with Crippen LogP contribution in [0.3, 0.4) is 0 Å². The molecule has 4 aliphatic rings. The molecule has 0 spiro atoms. The van der Waals surface area contributed by atoms with Crippen molar-refractivity contribution in [3.05, 3.63) is 168 Å². The number of nitrogens with zero attached hydrogens (tertiary/aromatic N) is 1. The number of benzene rings is 7. The van der Waals surface area contributed by atoms with Crippen LogP contribution in [0.25, 0.3) is 22.3 Å². The molecule has 0 N–H and O–H groups in total. The molecule has 11 rings (SSSR count). The third-order valence-corrected chi connectivity index (χ3v) is 14.0. The molecule has 7 aromatic rings. The van der Waals surface area contributed by atoms with Crippen molar-refractivity contribution in [1.82, 2.24) is 0 Å². The summed E-state index contributed by atoms with van der Waals surface area (Å²) in [5.74, 6) is 4.70. The monoisotopic (exact) mass is 781 g/mol. The van der Waals surface area contributed by atoms with Crippen LogP contribution >= 0.6 is 0 Å². The summed E-state index contributed by atoms with van der Waals surface area (Å²) in [4.78, 5) is 2.54. The fourth-order valence-corrected chi connectivity index (χ4v) is 10.8. The topological polar surface area (TPSA) is 21.7 Å². The minimum atomic E-state index is -0.0348. The Balaban J connectivity index is 1.12. The van der Waals surface area contributed by atoms with Gasteiger partial charge in [-0.3, -0.25) is 0 Å². The van der Waals surface area contributed by atoms with Gasteiger partial charge in [-0.15, -0.1) is 0 Å². The van der Waals surface area contributed by atoms with E-state index in [0.29, 0.717) is 11.8 Å². The molecule has 0 unspecified atom stereocenters. The molecular weight excluding hydrogens is 729 g/mol. The molecule has 296 valence electrons. The fourth-order valence-electron chi connectivity index (χ4n) is 10.8. The van der Waals surface area contributed by atoms with E-state index in [1.165, 1.54) is 109 Å². The first-order valence-electron chi connectivity index (χ1n) is 22.5. The normalized spacial score (nSPS) is 15.9. The zero-order valence-corrected chi connectivity index (χ0v) is 34.9. The summed E-state index contributed by atoms with van der Waals surface area (Å²) in [7, 11) is 0. The SMILES string of the molecule is Cc1ccc(C2CCCCC2)cc1N(c1cc2c3c(c1)Oc1cc(-c4ccccc4)ccc1B3c1ccc(-c3ccccc3)cc1O2)c1cc(C2CCCCC2)ccc1C. The highest BCUT2D eigenvalue weighted by Crippen LogP contribution is 2.47. The molecule has 4 heteroatoms. The van der Waals surface area contributed by atoms with Gasteiger partial charge in [0.25, 0.3) is 6.71 Å². The van der Waals surface area contributed by atoms with Gasteiger partial charge >= 0.3 is 0 Å². The molecule has 60 heavy (non-hydrogen) atoms. The van der Waals surface area contributed by atoms with Crippen LogP contribution in [0, 0.1) is 13.8 Å². The highest BCUT2D eigenvalue weighted by molar-refractivity contribution is 6.98. The Labute approximate surface area is 356 Å². The molecule has 2 aliphatic heterocycles. The van der Waals surface area contributed by atoms with Crippen molar-refractivity contribution in [3.8, 4) is 45.3 Å². The third kappa shape index (κ3) is 6.71. The first-order chi connectivity index (χ1) is 29.6. The lowest BCUT2D eigenvalue weighted by atomic mass is 9.34. The predicted octanol–water partition coefficient (Wildman–Crippen LogP) is 13.9. The van der Waals surface area contributed by atoms with Crippen LogP contribution in [0.4, 0.5) is 17.1 Å². The summed E-state index contributed by atoms with van der Waals surface area (Å²) < 4.78 is 14.3. The summed E-state index contributed by atoms with van der Waals surface area (Å²) in [6.07, 6.45) is 13.0. The van der Waals surface area contributed by atoms with E-state index < -0.39 is 0 Å². The van der Waals surface area contributed by atoms with Gasteiger partial charge in [0.1, 0.15) is 23.0 Å². The fraction of sp³-hybridized carbons (Fsp3) is 0.250. The summed E-state index contributed by atoms with van der Waals surface area (Å²) in [6, 6.07) is 53.9. The Morgan fingerprint density at radius 1 is 0.433 bits per heavy atom. The van der Waals surface area contributed by atoms with Crippen LogP contribution in [0.1, 0.15) is 98.3 Å². The molecule has 0 bridgehead atoms. The van der Waals surface area contributed by atoms with Crippen LogP contribution in [-0.4, -0.2) is 6.71 Å². The first-order valence-corrected chi connectivity index (χ1v) is 22.5. The van der Waals surface area contributed by atoms with Gasteiger partial charge in [0.2, 0.25) is 0 Å². The van der Waals surface area contributed by atoms with E-state index >= 15 is 0 Å². The Hall–Kier alpha value is -6.00. The molecule has 7 aromatic carbocycles. The Morgan fingerprint density at radius 2 is 0.883 bits per heavy atom. The second-order valence-corrected chi connectivity index (χ2v) is 17.8. The number of rotatable bonds is 7. The third-order valence-electron chi connectivity index (χ3n) is 14.0. The number of hydrogen-bond donors (Lipinski definition) is 0. The van der Waals surface area contributed by atoms with Crippen molar-refractivity contribution < 1.29 is 9.47 Å². The number of anilines is 3. The molecule has 3 nitrogen and oxygen atoms in total. The van der Waals surface area contributed by atoms with E-state index in [2.05, 4.69) is 164 Å². The lowest BCUT2D eigenvalue weighted by molar-refractivity contribution is 0.443. The number of fused-ring (bicyclic) bond motifs is 4. The van der Waals surface area contributed by atoms with Gasteiger partial charge in [-0.2, -0.15) is 0 Å². The average Bonchev–Trinajstić information content (AvgIpc) is 3.31. The van der Waals surface area contributed by atoms with E-state index in [1.807, 2.05) is 0 Å². The second kappa shape index (κ2) is 15.6. The molecule has 0 saturated heterocycles. The van der Waals surface area contributed by atoms with Crippen molar-refractivity contribution in [3.63, 3.8) is 0 Å². The maximum atomic E-state index is 7.15. The van der Waals surface area contributed by atoms with Gasteiger partial charge < -0.3 is 14.4 Å². The number of hydrogen-bond acceptors (Lipinski definition) is 3. The molecule has 0 amide bonds. The molecule has 0 aromatic heterocycles. The number of aryl methyl sites for hydroxylation is 2. The van der Waals surface area contributed by atoms with Gasteiger partial charge in [-0.1, -0.05) is 148 Å². The molecule has 0 radical (unpaired) electrons. The van der Waals surface area contributed by atoms with E-state index in [1.54, 1.807) is 0 Å². The molecule has 2 heterocycles. The van der Waals surface area contributed by atoms with Crippen LogP contribution in [-0.2, 0) is 0 Å². The highest BCUT2D eigenvalue weighted by atomic mass is 16.5. The summed E-state index contributed by atoms with van der Waals surface area (Å²) in [6.45, 7) is 4.52. The van der Waals surface area contributed by atoms with Gasteiger partial charge in [0.05, 0.1) is 5.69 Å². The van der Waals surface area contributed by atoms with E-state index in [-0.39, 0.29) is 6.71 Å². The maximum absolute atomic E-state index is 7.15. The standard InChI is InChI=1S/C56H52BNO2/c1-37-23-25-43(39-15-7-3-8-16-39)31-50(37)58(51-32-44(26-24-38(51)2)40-17-9-4-10-18-40)47-35-54-56-55(36-47)60-53-34-46(42-21-13-6-14-22-42)28-30-49(53)57(56)48-29-27-45(33-52(48)59-54)41-19-11-5-12-20-41/h5-6,11-14,19-36,39-40H,3-4,7-10,15-18H2,1-2H3. The van der Waals surface area contributed by atoms with Crippen molar-refractivity contribution >= 4 is 40.2 Å². The van der Waals surface area contributed by atoms with Crippen molar-refractivity contribution in [2.24, 2.45) is 0 Å². The zero-order chi connectivity index (χ0) is 40.2. The lowest BCUT2D eigenvalue weighted by Gasteiger charge is -2.36. The maximum Gasteiger partial charge on any atom is 0.260 e. The smallest absolute Gasteiger partial charge is 0.260 e. The quantitative estimate of drug-likeness (QED) is 0.150. The molecule has 0 atom stereocenters. The zero-order valence-electron chi connectivity index (χ0n) is 34.9. The van der Waals surface area contributed by atoms with E-state index in [0.717, 1.165) is 56.2 Å². The highest BCUT2D eigenvalue weighted by Gasteiger charge is 2.41. The second-order valence-electron chi connectivity index (χ2n) is 17.8. The molecule has 2 aliphatic carbocycles. The van der Waals surface area contributed by atoms with Gasteiger partial charge in [-0.05, 0) is 131 Å². The van der Waals surface area contributed by atoms with Crippen LogP contribution in [0.2, 0.25) is 0 Å². The number of ether oxygens (including phenoxy) is 2. The van der Waals surface area contributed by atoms with Crippen LogP contribution in [0.15, 0.2) is 146 Å². The lowest BCUT2D eigenvalue weighted by Crippen LogP contribution is -2.57. The summed E-state index contributed by atoms with van der Waals surface area (Å²) >= 11 is 0. The summed E-state index contributed by atoms with van der Waals surface area (Å²) in [5, 5.41) is 0. The molecule has 2 fully saturated rings. The van der Waals surface area contributed by atoms with Gasteiger partial charge in [0.15, 0.2) is 0 Å². The first kappa shape index (κ1) is 37.0. The van der Waals surface area contributed by atoms with Crippen molar-refractivity contribution in [1.29, 1.82) is 0 Å². The minimum absolute atomic E-state index is 0.0348. The molecule has 2 saturated carbocycles. The average molecular weight is 782 g/mol. The molecular formula is C56H52BNO2. The predicted molar refractivity (Wildman–Crippen MR) is 251 cm³/mol. The van der Waals surface area contributed by atoms with Crippen molar-refractivity contribution in [2.45, 2.75) is 89.9 Å². The van der Waals surface area contributed by atoms with Crippen LogP contribution in [0.5, 0.6) is 23.0 Å².